The van der Waals surface area contributed by atoms with Crippen LogP contribution in [0.15, 0.2) is 23.7 Å². The van der Waals surface area contributed by atoms with Crippen LogP contribution in [0.25, 0.3) is 0 Å². The SMILES string of the molecule is O=C1C[C@H](c2cccs2)Cc2nc(NC[C@@H]3CCCO3)ncc21. The highest BCUT2D eigenvalue weighted by molar-refractivity contribution is 7.10. The van der Waals surface area contributed by atoms with Crippen LogP contribution in [0.2, 0.25) is 0 Å². The molecule has 2 aliphatic rings. The number of hydrogen-bond acceptors (Lipinski definition) is 6. The predicted molar refractivity (Wildman–Crippen MR) is 89.2 cm³/mol. The smallest absolute Gasteiger partial charge is 0.222 e. The Hall–Kier alpha value is -1.79. The van der Waals surface area contributed by atoms with Gasteiger partial charge in [-0.05, 0) is 30.7 Å². The molecule has 1 aliphatic heterocycles. The number of ketones is 1. The van der Waals surface area contributed by atoms with Crippen molar-refractivity contribution in [1.29, 1.82) is 0 Å². The van der Waals surface area contributed by atoms with Crippen LogP contribution in [0, 0.1) is 0 Å². The van der Waals surface area contributed by atoms with Gasteiger partial charge in [-0.25, -0.2) is 9.97 Å². The molecule has 4 rings (SSSR count). The van der Waals surface area contributed by atoms with Crippen molar-refractivity contribution in [3.05, 3.63) is 39.8 Å². The van der Waals surface area contributed by atoms with Crippen LogP contribution in [0.5, 0.6) is 0 Å². The lowest BCUT2D eigenvalue weighted by atomic mass is 9.86. The molecule has 2 aromatic heterocycles. The zero-order valence-corrected chi connectivity index (χ0v) is 13.6. The van der Waals surface area contributed by atoms with Crippen LogP contribution in [0.3, 0.4) is 0 Å². The van der Waals surface area contributed by atoms with Gasteiger partial charge in [-0.3, -0.25) is 4.79 Å². The molecule has 0 spiro atoms. The van der Waals surface area contributed by atoms with Crippen LogP contribution in [0.4, 0.5) is 5.95 Å². The zero-order valence-electron chi connectivity index (χ0n) is 12.8. The molecule has 6 heteroatoms. The van der Waals surface area contributed by atoms with E-state index in [1.165, 1.54) is 4.88 Å². The first-order chi connectivity index (χ1) is 11.3. The standard InChI is InChI=1S/C17H19N3O2S/c21-15-8-11(16-4-2-6-23-16)7-14-13(15)10-19-17(20-14)18-9-12-3-1-5-22-12/h2,4,6,10-12H,1,3,5,7-9H2,(H,18,19,20)/t11-,12+/m1/s1. The van der Waals surface area contributed by atoms with E-state index in [2.05, 4.69) is 26.7 Å². The van der Waals surface area contributed by atoms with E-state index in [9.17, 15) is 4.79 Å². The Morgan fingerprint density at radius 1 is 1.39 bits per heavy atom. The van der Waals surface area contributed by atoms with E-state index in [1.807, 2.05) is 6.07 Å². The maximum absolute atomic E-state index is 12.4. The van der Waals surface area contributed by atoms with Crippen LogP contribution in [-0.4, -0.2) is 35.0 Å². The summed E-state index contributed by atoms with van der Waals surface area (Å²) in [6.07, 6.45) is 5.48. The van der Waals surface area contributed by atoms with Gasteiger partial charge in [0.1, 0.15) is 0 Å². The Bertz CT molecular complexity index is 696. The first kappa shape index (κ1) is 14.8. The number of nitrogens with one attached hydrogen (secondary N) is 1. The number of thiophene rings is 1. The topological polar surface area (TPSA) is 64.1 Å². The van der Waals surface area contributed by atoms with E-state index in [4.69, 9.17) is 4.74 Å². The second-order valence-corrected chi connectivity index (χ2v) is 7.09. The maximum Gasteiger partial charge on any atom is 0.222 e. The summed E-state index contributed by atoms with van der Waals surface area (Å²) < 4.78 is 5.60. The number of hydrogen-bond donors (Lipinski definition) is 1. The highest BCUT2D eigenvalue weighted by Gasteiger charge is 2.28. The highest BCUT2D eigenvalue weighted by Crippen LogP contribution is 2.34. The Balaban J connectivity index is 1.50. The largest absolute Gasteiger partial charge is 0.376 e. The summed E-state index contributed by atoms with van der Waals surface area (Å²) in [4.78, 5) is 22.5. The van der Waals surface area contributed by atoms with Gasteiger partial charge in [0.2, 0.25) is 5.95 Å². The minimum Gasteiger partial charge on any atom is -0.376 e. The Labute approximate surface area is 139 Å². The number of nitrogens with zero attached hydrogens (tertiary/aromatic N) is 2. The molecular formula is C17H19N3O2S. The third-order valence-electron chi connectivity index (χ3n) is 4.50. The van der Waals surface area contributed by atoms with Crippen molar-refractivity contribution in [3.8, 4) is 0 Å². The van der Waals surface area contributed by atoms with Crippen molar-refractivity contribution in [2.75, 3.05) is 18.5 Å². The summed E-state index contributed by atoms with van der Waals surface area (Å²) in [5, 5.41) is 5.30. The lowest BCUT2D eigenvalue weighted by Crippen LogP contribution is -2.23. The fraction of sp³-hybridized carbons (Fsp3) is 0.471. The summed E-state index contributed by atoms with van der Waals surface area (Å²) >= 11 is 1.71. The molecule has 2 aromatic rings. The Morgan fingerprint density at radius 2 is 2.35 bits per heavy atom. The summed E-state index contributed by atoms with van der Waals surface area (Å²) in [6.45, 7) is 1.56. The molecular weight excluding hydrogens is 310 g/mol. The van der Waals surface area contributed by atoms with Crippen molar-refractivity contribution in [1.82, 2.24) is 9.97 Å². The third kappa shape index (κ3) is 3.14. The van der Waals surface area contributed by atoms with Gasteiger partial charge < -0.3 is 10.1 Å². The number of carbonyl (C=O) groups excluding carboxylic acids is 1. The minimum atomic E-state index is 0.148. The van der Waals surface area contributed by atoms with Crippen molar-refractivity contribution >= 4 is 23.1 Å². The average Bonchev–Trinajstić information content (AvgIpc) is 3.26. The van der Waals surface area contributed by atoms with Gasteiger partial charge in [-0.2, -0.15) is 0 Å². The number of carbonyl (C=O) groups is 1. The molecule has 0 aromatic carbocycles. The highest BCUT2D eigenvalue weighted by atomic mass is 32.1. The fourth-order valence-corrected chi connectivity index (χ4v) is 4.10. The van der Waals surface area contributed by atoms with Gasteiger partial charge in [0.25, 0.3) is 0 Å². The quantitative estimate of drug-likeness (QED) is 0.934. The van der Waals surface area contributed by atoms with Crippen molar-refractivity contribution < 1.29 is 9.53 Å². The first-order valence-corrected chi connectivity index (χ1v) is 8.95. The Morgan fingerprint density at radius 3 is 3.13 bits per heavy atom. The van der Waals surface area contributed by atoms with Crippen LogP contribution in [0.1, 0.15) is 46.1 Å². The monoisotopic (exact) mass is 329 g/mol. The number of ether oxygens (including phenoxy) is 1. The molecule has 5 nitrogen and oxygen atoms in total. The molecule has 1 fully saturated rings. The number of anilines is 1. The van der Waals surface area contributed by atoms with Gasteiger partial charge in [-0.15, -0.1) is 11.3 Å². The number of Topliss-reactive ketones (excluding diaryl/α,β-unsaturated/α-hetero) is 1. The predicted octanol–water partition coefficient (Wildman–Crippen LogP) is 3.04. The number of fused-ring (bicyclic) bond motifs is 1. The lowest BCUT2D eigenvalue weighted by Gasteiger charge is -2.22. The van der Waals surface area contributed by atoms with E-state index in [0.717, 1.165) is 38.1 Å². The third-order valence-corrected chi connectivity index (χ3v) is 5.53. The lowest BCUT2D eigenvalue weighted by molar-refractivity contribution is 0.0963. The van der Waals surface area contributed by atoms with Gasteiger partial charge >= 0.3 is 0 Å². The minimum absolute atomic E-state index is 0.148. The number of aromatic nitrogens is 2. The summed E-state index contributed by atoms with van der Waals surface area (Å²) in [7, 11) is 0. The molecule has 0 bridgehead atoms. The molecule has 0 unspecified atom stereocenters. The molecule has 2 atom stereocenters. The van der Waals surface area contributed by atoms with E-state index < -0.39 is 0 Å². The molecule has 23 heavy (non-hydrogen) atoms. The molecule has 0 amide bonds. The van der Waals surface area contributed by atoms with Crippen molar-refractivity contribution in [2.45, 2.75) is 37.7 Å². The van der Waals surface area contributed by atoms with E-state index in [0.29, 0.717) is 17.9 Å². The van der Waals surface area contributed by atoms with Gasteiger partial charge in [0.15, 0.2) is 5.78 Å². The fourth-order valence-electron chi connectivity index (χ4n) is 3.27. The molecule has 1 N–H and O–H groups in total. The average molecular weight is 329 g/mol. The van der Waals surface area contributed by atoms with Crippen LogP contribution in [-0.2, 0) is 11.2 Å². The van der Waals surface area contributed by atoms with Gasteiger partial charge in [-0.1, -0.05) is 6.07 Å². The first-order valence-electron chi connectivity index (χ1n) is 8.07. The second kappa shape index (κ2) is 6.37. The maximum atomic E-state index is 12.4. The van der Waals surface area contributed by atoms with E-state index in [-0.39, 0.29) is 17.8 Å². The molecule has 1 saturated heterocycles. The second-order valence-electron chi connectivity index (χ2n) is 6.11. The van der Waals surface area contributed by atoms with E-state index in [1.54, 1.807) is 17.5 Å². The molecule has 3 heterocycles. The van der Waals surface area contributed by atoms with Gasteiger partial charge in [0.05, 0.1) is 17.4 Å². The zero-order chi connectivity index (χ0) is 15.6. The molecule has 120 valence electrons. The number of rotatable bonds is 4. The summed E-state index contributed by atoms with van der Waals surface area (Å²) in [5.74, 6) is 0.991. The molecule has 0 saturated carbocycles. The van der Waals surface area contributed by atoms with Crippen LogP contribution >= 0.6 is 11.3 Å². The van der Waals surface area contributed by atoms with Gasteiger partial charge in [0, 0.05) is 36.6 Å². The van der Waals surface area contributed by atoms with E-state index >= 15 is 0 Å². The molecule has 1 aliphatic carbocycles. The van der Waals surface area contributed by atoms with Crippen LogP contribution < -0.4 is 5.32 Å². The Kier molecular flexibility index (Phi) is 4.10. The van der Waals surface area contributed by atoms with Crippen molar-refractivity contribution in [3.63, 3.8) is 0 Å². The van der Waals surface area contributed by atoms with Crippen molar-refractivity contribution in [2.24, 2.45) is 0 Å². The summed E-state index contributed by atoms with van der Waals surface area (Å²) in [6, 6.07) is 4.14. The summed E-state index contributed by atoms with van der Waals surface area (Å²) in [5.41, 5.74) is 1.55. The molecule has 0 radical (unpaired) electrons. The normalized spacial score (nSPS) is 23.7.